The second-order valence-corrected chi connectivity index (χ2v) is 7.19. The molecule has 0 saturated carbocycles. The summed E-state index contributed by atoms with van der Waals surface area (Å²) >= 11 is 0. The number of ether oxygens (including phenoxy) is 1. The average molecular weight is 330 g/mol. The van der Waals surface area contributed by atoms with E-state index in [0.29, 0.717) is 6.42 Å². The summed E-state index contributed by atoms with van der Waals surface area (Å²) in [5.74, 6) is 0.822. The van der Waals surface area contributed by atoms with Crippen LogP contribution in [0.2, 0.25) is 0 Å². The summed E-state index contributed by atoms with van der Waals surface area (Å²) in [6.45, 7) is 3.84. The molecule has 1 aliphatic rings. The van der Waals surface area contributed by atoms with Crippen molar-refractivity contribution in [1.82, 2.24) is 9.97 Å². The van der Waals surface area contributed by atoms with Gasteiger partial charge in [0.2, 0.25) is 0 Å². The van der Waals surface area contributed by atoms with E-state index in [1.165, 1.54) is 0 Å². The number of fused-ring (bicyclic) bond motifs is 7. The lowest BCUT2D eigenvalue weighted by Gasteiger charge is -2.38. The molecule has 1 atom stereocenters. The number of hydrogen-bond donors (Lipinski definition) is 1. The fourth-order valence-electron chi connectivity index (χ4n) is 3.63. The van der Waals surface area contributed by atoms with Crippen molar-refractivity contribution in [2.24, 2.45) is 0 Å². The minimum absolute atomic E-state index is 0.511. The summed E-state index contributed by atoms with van der Waals surface area (Å²) in [5, 5.41) is 12.6. The molecule has 1 aromatic heterocycles. The fourth-order valence-corrected chi connectivity index (χ4v) is 3.63. The zero-order valence-corrected chi connectivity index (χ0v) is 14.2. The standard InChI is InChI=1S/C21H18N2O2/c1-21(2)17(24)11-14-19-18(22-15-9-5-6-10-16(15)23-19)12-7-3-4-8-13(12)20(14)25-21/h3-10,17,24H,11H2,1-2H3. The third-order valence-electron chi connectivity index (χ3n) is 5.12. The van der Waals surface area contributed by atoms with Gasteiger partial charge < -0.3 is 9.84 Å². The lowest BCUT2D eigenvalue weighted by Crippen LogP contribution is -2.46. The van der Waals surface area contributed by atoms with Crippen molar-refractivity contribution in [2.75, 3.05) is 0 Å². The summed E-state index contributed by atoms with van der Waals surface area (Å²) in [4.78, 5) is 9.75. The predicted octanol–water partition coefficient (Wildman–Crippen LogP) is 4.01. The highest BCUT2D eigenvalue weighted by molar-refractivity contribution is 6.10. The molecule has 2 heterocycles. The Hall–Kier alpha value is -2.72. The van der Waals surface area contributed by atoms with Crippen LogP contribution in [0.25, 0.3) is 32.8 Å². The van der Waals surface area contributed by atoms with Crippen molar-refractivity contribution in [1.29, 1.82) is 0 Å². The number of nitrogens with zero attached hydrogens (tertiary/aromatic N) is 2. The van der Waals surface area contributed by atoms with E-state index in [1.807, 2.05) is 50.2 Å². The predicted molar refractivity (Wildman–Crippen MR) is 99.0 cm³/mol. The maximum atomic E-state index is 10.6. The highest BCUT2D eigenvalue weighted by Gasteiger charge is 2.38. The van der Waals surface area contributed by atoms with Crippen molar-refractivity contribution >= 4 is 32.8 Å². The van der Waals surface area contributed by atoms with Gasteiger partial charge in [-0.25, -0.2) is 9.97 Å². The Morgan fingerprint density at radius 1 is 0.920 bits per heavy atom. The van der Waals surface area contributed by atoms with Gasteiger partial charge in [0.05, 0.1) is 28.2 Å². The molecule has 1 N–H and O–H groups in total. The molecule has 0 radical (unpaired) electrons. The lowest BCUT2D eigenvalue weighted by atomic mass is 9.88. The quantitative estimate of drug-likeness (QED) is 0.391. The molecule has 0 fully saturated rings. The van der Waals surface area contributed by atoms with Crippen LogP contribution in [-0.2, 0) is 6.42 Å². The molecule has 1 unspecified atom stereocenters. The average Bonchev–Trinajstić information content (AvgIpc) is 2.62. The third-order valence-corrected chi connectivity index (χ3v) is 5.12. The van der Waals surface area contributed by atoms with E-state index in [0.717, 1.165) is 44.2 Å². The van der Waals surface area contributed by atoms with Gasteiger partial charge in [0.1, 0.15) is 11.4 Å². The van der Waals surface area contributed by atoms with Crippen LogP contribution < -0.4 is 4.74 Å². The van der Waals surface area contributed by atoms with Crippen LogP contribution in [0.1, 0.15) is 19.4 Å². The molecule has 0 aliphatic carbocycles. The van der Waals surface area contributed by atoms with Crippen molar-refractivity contribution < 1.29 is 9.84 Å². The maximum Gasteiger partial charge on any atom is 0.133 e. The van der Waals surface area contributed by atoms with Gasteiger partial charge >= 0.3 is 0 Å². The molecule has 1 aliphatic heterocycles. The van der Waals surface area contributed by atoms with E-state index >= 15 is 0 Å². The van der Waals surface area contributed by atoms with E-state index in [9.17, 15) is 5.11 Å². The monoisotopic (exact) mass is 330 g/mol. The second kappa shape index (κ2) is 4.90. The lowest BCUT2D eigenvalue weighted by molar-refractivity contribution is -0.0396. The Kier molecular flexibility index (Phi) is 2.86. The molecule has 0 spiro atoms. The van der Waals surface area contributed by atoms with Crippen LogP contribution in [0.3, 0.4) is 0 Å². The molecular formula is C21H18N2O2. The summed E-state index contributed by atoms with van der Waals surface area (Å²) in [6, 6.07) is 16.0. The number of aliphatic hydroxyl groups is 1. The van der Waals surface area contributed by atoms with E-state index in [2.05, 4.69) is 12.1 Å². The molecule has 0 amide bonds. The highest BCUT2D eigenvalue weighted by Crippen LogP contribution is 2.43. The maximum absolute atomic E-state index is 10.6. The molecule has 4 aromatic rings. The molecule has 4 nitrogen and oxygen atoms in total. The van der Waals surface area contributed by atoms with Gasteiger partial charge in [-0.05, 0) is 26.0 Å². The molecule has 0 saturated heterocycles. The number of rotatable bonds is 0. The van der Waals surface area contributed by atoms with E-state index in [4.69, 9.17) is 14.7 Å². The zero-order valence-electron chi connectivity index (χ0n) is 14.2. The third kappa shape index (κ3) is 2.04. The van der Waals surface area contributed by atoms with E-state index < -0.39 is 11.7 Å². The van der Waals surface area contributed by atoms with Crippen LogP contribution in [0.5, 0.6) is 5.75 Å². The summed E-state index contributed by atoms with van der Waals surface area (Å²) < 4.78 is 6.25. The Morgan fingerprint density at radius 3 is 2.24 bits per heavy atom. The van der Waals surface area contributed by atoms with E-state index in [1.54, 1.807) is 0 Å². The number of aromatic nitrogens is 2. The Bertz CT molecular complexity index is 1150. The minimum atomic E-state index is -0.631. The van der Waals surface area contributed by atoms with Crippen molar-refractivity contribution in [2.45, 2.75) is 32.0 Å². The van der Waals surface area contributed by atoms with Gasteiger partial charge in [-0.2, -0.15) is 0 Å². The Labute approximate surface area is 145 Å². The first kappa shape index (κ1) is 14.6. The van der Waals surface area contributed by atoms with Gasteiger partial charge in [-0.15, -0.1) is 0 Å². The normalized spacial score (nSPS) is 19.1. The molecule has 3 aromatic carbocycles. The van der Waals surface area contributed by atoms with Gasteiger partial charge in [-0.1, -0.05) is 36.4 Å². The first-order valence-corrected chi connectivity index (χ1v) is 8.52. The summed E-state index contributed by atoms with van der Waals surface area (Å²) in [6.07, 6.45) is -0.0749. The molecule has 5 rings (SSSR count). The van der Waals surface area contributed by atoms with Gasteiger partial charge in [0.15, 0.2) is 0 Å². The number of para-hydroxylation sites is 2. The second-order valence-electron chi connectivity index (χ2n) is 7.19. The molecule has 0 bridgehead atoms. The van der Waals surface area contributed by atoms with Crippen LogP contribution in [0.15, 0.2) is 48.5 Å². The number of hydrogen-bond acceptors (Lipinski definition) is 4. The highest BCUT2D eigenvalue weighted by atomic mass is 16.5. The number of aliphatic hydroxyl groups excluding tert-OH is 1. The molecule has 124 valence electrons. The Balaban J connectivity index is 1.98. The van der Waals surface area contributed by atoms with Crippen molar-refractivity contribution in [3.63, 3.8) is 0 Å². The molecular weight excluding hydrogens is 312 g/mol. The smallest absolute Gasteiger partial charge is 0.133 e. The molecule has 25 heavy (non-hydrogen) atoms. The van der Waals surface area contributed by atoms with E-state index in [-0.39, 0.29) is 0 Å². The Morgan fingerprint density at radius 2 is 1.52 bits per heavy atom. The number of benzene rings is 3. The summed E-state index contributed by atoms with van der Waals surface area (Å²) in [7, 11) is 0. The molecule has 4 heteroatoms. The largest absolute Gasteiger partial charge is 0.484 e. The first-order valence-electron chi connectivity index (χ1n) is 8.52. The van der Waals surface area contributed by atoms with Crippen molar-refractivity contribution in [3.05, 3.63) is 54.1 Å². The zero-order chi connectivity index (χ0) is 17.2. The summed E-state index contributed by atoms with van der Waals surface area (Å²) in [5.41, 5.74) is 3.72. The van der Waals surface area contributed by atoms with Crippen LogP contribution in [0.4, 0.5) is 0 Å². The van der Waals surface area contributed by atoms with Crippen LogP contribution in [0, 0.1) is 0 Å². The minimum Gasteiger partial charge on any atom is -0.484 e. The van der Waals surface area contributed by atoms with Gasteiger partial charge in [-0.3, -0.25) is 0 Å². The van der Waals surface area contributed by atoms with Crippen LogP contribution >= 0.6 is 0 Å². The SMILES string of the molecule is CC1(C)Oc2c(c3nc4ccccc4nc3c3ccccc23)CC1O. The topological polar surface area (TPSA) is 55.2 Å². The van der Waals surface area contributed by atoms with Crippen molar-refractivity contribution in [3.8, 4) is 5.75 Å². The fraction of sp³-hybridized carbons (Fsp3) is 0.238. The van der Waals surface area contributed by atoms with Crippen LogP contribution in [-0.4, -0.2) is 26.8 Å². The first-order chi connectivity index (χ1) is 12.0. The van der Waals surface area contributed by atoms with Gasteiger partial charge in [0, 0.05) is 22.8 Å². The van der Waals surface area contributed by atoms with Gasteiger partial charge in [0.25, 0.3) is 0 Å².